The lowest BCUT2D eigenvalue weighted by molar-refractivity contribution is -0.123. The van der Waals surface area contributed by atoms with Crippen LogP contribution in [-0.2, 0) is 4.79 Å². The van der Waals surface area contributed by atoms with E-state index in [-0.39, 0.29) is 11.7 Å². The van der Waals surface area contributed by atoms with E-state index in [0.717, 1.165) is 19.3 Å². The summed E-state index contributed by atoms with van der Waals surface area (Å²) < 4.78 is 13.5. The number of rotatable bonds is 4. The first-order valence-corrected chi connectivity index (χ1v) is 7.72. The fourth-order valence-electron chi connectivity index (χ4n) is 2.76. The number of halogens is 1. The van der Waals surface area contributed by atoms with Crippen molar-refractivity contribution in [1.29, 1.82) is 5.26 Å². The first-order valence-electron chi connectivity index (χ1n) is 7.72. The van der Waals surface area contributed by atoms with Crippen LogP contribution in [0.15, 0.2) is 18.2 Å². The predicted octanol–water partition coefficient (Wildman–Crippen LogP) is 3.28. The molecule has 4 nitrogen and oxygen atoms in total. The van der Waals surface area contributed by atoms with E-state index < -0.39 is 11.6 Å². The first-order chi connectivity index (χ1) is 10.5. The first kappa shape index (κ1) is 16.3. The van der Waals surface area contributed by atoms with Gasteiger partial charge >= 0.3 is 0 Å². The lowest BCUT2D eigenvalue weighted by Gasteiger charge is -2.32. The Morgan fingerprint density at radius 1 is 1.36 bits per heavy atom. The van der Waals surface area contributed by atoms with Crippen LogP contribution in [-0.4, -0.2) is 17.5 Å². The van der Waals surface area contributed by atoms with Crippen molar-refractivity contribution in [2.24, 2.45) is 0 Å². The number of aryl methyl sites for hydroxylation is 1. The van der Waals surface area contributed by atoms with Gasteiger partial charge in [-0.2, -0.15) is 5.26 Å². The largest absolute Gasteiger partial charge is 0.374 e. The van der Waals surface area contributed by atoms with Crippen LogP contribution in [0.25, 0.3) is 0 Å². The molecule has 1 aliphatic rings. The molecule has 0 saturated heterocycles. The number of hydrogen-bond donors (Lipinski definition) is 2. The number of carbonyl (C=O) groups is 1. The van der Waals surface area contributed by atoms with Crippen molar-refractivity contribution in [3.05, 3.63) is 29.6 Å². The Balaban J connectivity index is 1.99. The summed E-state index contributed by atoms with van der Waals surface area (Å²) in [6, 6.07) is 6.51. The molecule has 1 saturated carbocycles. The Hall–Kier alpha value is -2.09. The molecule has 0 heterocycles. The molecular weight excluding hydrogens is 281 g/mol. The second kappa shape index (κ2) is 6.78. The molecule has 118 valence electrons. The molecule has 1 aromatic rings. The molecule has 0 radical (unpaired) electrons. The second-order valence-corrected chi connectivity index (χ2v) is 6.07. The van der Waals surface area contributed by atoms with Gasteiger partial charge in [0, 0.05) is 5.69 Å². The average Bonchev–Trinajstić information content (AvgIpc) is 2.51. The summed E-state index contributed by atoms with van der Waals surface area (Å²) in [6.07, 6.45) is 4.41. The molecule has 0 spiro atoms. The van der Waals surface area contributed by atoms with Gasteiger partial charge in [-0.05, 0) is 44.4 Å². The molecule has 0 aliphatic heterocycles. The molecule has 2 rings (SSSR count). The number of nitrogens with zero attached hydrogens (tertiary/aromatic N) is 1. The zero-order valence-corrected chi connectivity index (χ0v) is 13.1. The van der Waals surface area contributed by atoms with Gasteiger partial charge in [-0.25, -0.2) is 4.39 Å². The Bertz CT molecular complexity index is 588. The van der Waals surface area contributed by atoms with Gasteiger partial charge in [0.05, 0.1) is 6.07 Å². The minimum absolute atomic E-state index is 0.232. The number of hydrogen-bond acceptors (Lipinski definition) is 3. The van der Waals surface area contributed by atoms with Crippen LogP contribution in [0, 0.1) is 24.1 Å². The molecule has 1 amide bonds. The van der Waals surface area contributed by atoms with E-state index in [2.05, 4.69) is 16.7 Å². The standard InChI is InChI=1S/C17H22FN3O/c1-12-6-7-14(10-15(12)18)20-13(2)16(22)21-17(11-19)8-4-3-5-9-17/h6-7,10,13,20H,3-5,8-9H2,1-2H3,(H,21,22)/t13-/m0/s1. The van der Waals surface area contributed by atoms with Crippen molar-refractivity contribution >= 4 is 11.6 Å². The van der Waals surface area contributed by atoms with Gasteiger partial charge in [-0.15, -0.1) is 0 Å². The van der Waals surface area contributed by atoms with Gasteiger partial charge < -0.3 is 10.6 Å². The van der Waals surface area contributed by atoms with Gasteiger partial charge in [0.2, 0.25) is 5.91 Å². The highest BCUT2D eigenvalue weighted by atomic mass is 19.1. The van der Waals surface area contributed by atoms with E-state index in [1.807, 2.05) is 0 Å². The molecule has 1 aliphatic carbocycles. The Morgan fingerprint density at radius 2 is 2.05 bits per heavy atom. The topological polar surface area (TPSA) is 64.9 Å². The number of amides is 1. The fraction of sp³-hybridized carbons (Fsp3) is 0.529. The molecule has 0 bridgehead atoms. The number of nitrogens with one attached hydrogen (secondary N) is 2. The molecule has 1 atom stereocenters. The van der Waals surface area contributed by atoms with Crippen LogP contribution < -0.4 is 10.6 Å². The summed E-state index contributed by atoms with van der Waals surface area (Å²) >= 11 is 0. The summed E-state index contributed by atoms with van der Waals surface area (Å²) in [5.41, 5.74) is 0.373. The van der Waals surface area contributed by atoms with Crippen molar-refractivity contribution in [1.82, 2.24) is 5.32 Å². The van der Waals surface area contributed by atoms with E-state index in [9.17, 15) is 14.4 Å². The number of anilines is 1. The predicted molar refractivity (Wildman–Crippen MR) is 83.8 cm³/mol. The summed E-state index contributed by atoms with van der Waals surface area (Å²) in [5.74, 6) is -0.539. The quantitative estimate of drug-likeness (QED) is 0.897. The van der Waals surface area contributed by atoms with Crippen LogP contribution in [0.4, 0.5) is 10.1 Å². The van der Waals surface area contributed by atoms with E-state index in [1.165, 1.54) is 6.07 Å². The third kappa shape index (κ3) is 3.76. The maximum atomic E-state index is 13.5. The minimum Gasteiger partial charge on any atom is -0.374 e. The van der Waals surface area contributed by atoms with Crippen molar-refractivity contribution in [3.63, 3.8) is 0 Å². The van der Waals surface area contributed by atoms with Crippen molar-refractivity contribution in [2.75, 3.05) is 5.32 Å². The molecule has 22 heavy (non-hydrogen) atoms. The van der Waals surface area contributed by atoms with Crippen LogP contribution in [0.3, 0.4) is 0 Å². The molecule has 0 aromatic heterocycles. The molecule has 2 N–H and O–H groups in total. The highest BCUT2D eigenvalue weighted by Crippen LogP contribution is 2.27. The van der Waals surface area contributed by atoms with Gasteiger partial charge in [0.15, 0.2) is 0 Å². The van der Waals surface area contributed by atoms with Crippen LogP contribution in [0.1, 0.15) is 44.6 Å². The second-order valence-electron chi connectivity index (χ2n) is 6.07. The lowest BCUT2D eigenvalue weighted by Crippen LogP contribution is -2.52. The smallest absolute Gasteiger partial charge is 0.243 e. The molecule has 5 heteroatoms. The van der Waals surface area contributed by atoms with Crippen molar-refractivity contribution < 1.29 is 9.18 Å². The lowest BCUT2D eigenvalue weighted by atomic mass is 9.82. The Labute approximate surface area is 130 Å². The van der Waals surface area contributed by atoms with E-state index in [1.54, 1.807) is 26.0 Å². The van der Waals surface area contributed by atoms with Gasteiger partial charge in [0.1, 0.15) is 17.4 Å². The van der Waals surface area contributed by atoms with Gasteiger partial charge in [0.25, 0.3) is 0 Å². The van der Waals surface area contributed by atoms with Crippen LogP contribution >= 0.6 is 0 Å². The molecule has 0 unspecified atom stereocenters. The summed E-state index contributed by atoms with van der Waals surface area (Å²) in [4.78, 5) is 12.3. The minimum atomic E-state index is -0.746. The van der Waals surface area contributed by atoms with Gasteiger partial charge in [-0.3, -0.25) is 4.79 Å². The van der Waals surface area contributed by atoms with E-state index in [0.29, 0.717) is 24.1 Å². The van der Waals surface area contributed by atoms with Crippen molar-refractivity contribution in [2.45, 2.75) is 57.5 Å². The summed E-state index contributed by atoms with van der Waals surface area (Å²) in [7, 11) is 0. The zero-order chi connectivity index (χ0) is 16.2. The highest BCUT2D eigenvalue weighted by molar-refractivity contribution is 5.85. The normalized spacial score (nSPS) is 18.1. The number of nitriles is 1. The highest BCUT2D eigenvalue weighted by Gasteiger charge is 2.34. The van der Waals surface area contributed by atoms with E-state index in [4.69, 9.17) is 0 Å². The summed E-state index contributed by atoms with van der Waals surface area (Å²) in [5, 5.41) is 15.2. The Kier molecular flexibility index (Phi) is 5.02. The van der Waals surface area contributed by atoms with Crippen LogP contribution in [0.5, 0.6) is 0 Å². The van der Waals surface area contributed by atoms with Crippen molar-refractivity contribution in [3.8, 4) is 6.07 Å². The third-order valence-corrected chi connectivity index (χ3v) is 4.23. The average molecular weight is 303 g/mol. The zero-order valence-electron chi connectivity index (χ0n) is 13.1. The number of carbonyl (C=O) groups excluding carboxylic acids is 1. The molecular formula is C17H22FN3O. The molecule has 1 aromatic carbocycles. The monoisotopic (exact) mass is 303 g/mol. The number of benzene rings is 1. The molecule has 1 fully saturated rings. The van der Waals surface area contributed by atoms with E-state index >= 15 is 0 Å². The maximum absolute atomic E-state index is 13.5. The SMILES string of the molecule is Cc1ccc(N[C@@H](C)C(=O)NC2(C#N)CCCCC2)cc1F. The third-order valence-electron chi connectivity index (χ3n) is 4.23. The van der Waals surface area contributed by atoms with Crippen LogP contribution in [0.2, 0.25) is 0 Å². The Morgan fingerprint density at radius 3 is 2.64 bits per heavy atom. The van der Waals surface area contributed by atoms with Gasteiger partial charge in [-0.1, -0.05) is 25.3 Å². The maximum Gasteiger partial charge on any atom is 0.243 e. The summed E-state index contributed by atoms with van der Waals surface area (Å²) in [6.45, 7) is 3.40. The fourth-order valence-corrected chi connectivity index (χ4v) is 2.76.